The Bertz CT molecular complexity index is 401. The predicted octanol–water partition coefficient (Wildman–Crippen LogP) is 2.10. The third-order valence-corrected chi connectivity index (χ3v) is 3.23. The van der Waals surface area contributed by atoms with Crippen molar-refractivity contribution >= 4 is 11.6 Å². The van der Waals surface area contributed by atoms with Gasteiger partial charge in [-0.1, -0.05) is 25.0 Å². The van der Waals surface area contributed by atoms with E-state index in [-0.39, 0.29) is 5.91 Å². The number of rotatable bonds is 5. The first-order chi connectivity index (χ1) is 8.75. The maximum Gasteiger partial charge on any atom is 0.223 e. The molecular weight excluding hydrogens is 228 g/mol. The van der Waals surface area contributed by atoms with Crippen LogP contribution in [-0.4, -0.2) is 18.6 Å². The summed E-state index contributed by atoms with van der Waals surface area (Å²) in [5.74, 6) is 0.711. The fourth-order valence-corrected chi connectivity index (χ4v) is 2.24. The number of nitrogens with two attached hydrogens (primary N) is 1. The summed E-state index contributed by atoms with van der Waals surface area (Å²) in [5.41, 5.74) is 6.35. The highest BCUT2D eigenvalue weighted by molar-refractivity contribution is 5.76. The largest absolute Gasteiger partial charge is 0.491 e. The first kappa shape index (κ1) is 12.7. The van der Waals surface area contributed by atoms with E-state index in [1.807, 2.05) is 18.2 Å². The lowest BCUT2D eigenvalue weighted by Crippen LogP contribution is -2.33. The van der Waals surface area contributed by atoms with E-state index in [1.54, 1.807) is 6.07 Å². The second kappa shape index (κ2) is 6.28. The Morgan fingerprint density at radius 2 is 2.06 bits per heavy atom. The molecule has 18 heavy (non-hydrogen) atoms. The van der Waals surface area contributed by atoms with Crippen molar-refractivity contribution in [1.29, 1.82) is 0 Å². The lowest BCUT2D eigenvalue weighted by atomic mass is 10.2. The molecule has 4 nitrogen and oxygen atoms in total. The van der Waals surface area contributed by atoms with Gasteiger partial charge in [-0.2, -0.15) is 0 Å². The molecule has 0 bridgehead atoms. The van der Waals surface area contributed by atoms with Gasteiger partial charge in [-0.05, 0) is 25.0 Å². The minimum absolute atomic E-state index is 0.0661. The van der Waals surface area contributed by atoms with E-state index in [4.69, 9.17) is 10.5 Å². The molecule has 1 aromatic carbocycles. The number of hydrogen-bond donors (Lipinski definition) is 2. The first-order valence-corrected chi connectivity index (χ1v) is 6.52. The van der Waals surface area contributed by atoms with E-state index in [0.29, 0.717) is 30.5 Å². The van der Waals surface area contributed by atoms with Crippen LogP contribution in [0.1, 0.15) is 32.1 Å². The Morgan fingerprint density at radius 1 is 1.33 bits per heavy atom. The first-order valence-electron chi connectivity index (χ1n) is 6.52. The van der Waals surface area contributed by atoms with Gasteiger partial charge in [0.05, 0.1) is 18.7 Å². The molecule has 1 fully saturated rings. The molecule has 4 heteroatoms. The molecule has 1 saturated carbocycles. The van der Waals surface area contributed by atoms with Gasteiger partial charge in [0.25, 0.3) is 0 Å². The van der Waals surface area contributed by atoms with E-state index in [1.165, 1.54) is 12.8 Å². The van der Waals surface area contributed by atoms with Crippen LogP contribution in [0.2, 0.25) is 0 Å². The molecule has 1 aromatic rings. The summed E-state index contributed by atoms with van der Waals surface area (Å²) in [6.45, 7) is 0.368. The topological polar surface area (TPSA) is 64.3 Å². The van der Waals surface area contributed by atoms with Crippen molar-refractivity contribution in [3.63, 3.8) is 0 Å². The Balaban J connectivity index is 1.68. The maximum absolute atomic E-state index is 11.7. The van der Waals surface area contributed by atoms with Gasteiger partial charge in [0.1, 0.15) is 5.75 Å². The number of carbonyl (C=O) groups excluding carboxylic acids is 1. The molecule has 0 radical (unpaired) electrons. The van der Waals surface area contributed by atoms with Crippen molar-refractivity contribution in [3.05, 3.63) is 24.3 Å². The Morgan fingerprint density at radius 3 is 2.78 bits per heavy atom. The smallest absolute Gasteiger partial charge is 0.223 e. The molecule has 3 N–H and O–H groups in total. The second-order valence-electron chi connectivity index (χ2n) is 4.69. The van der Waals surface area contributed by atoms with Gasteiger partial charge in [-0.3, -0.25) is 4.79 Å². The Labute approximate surface area is 108 Å². The fourth-order valence-electron chi connectivity index (χ4n) is 2.24. The molecule has 0 saturated heterocycles. The monoisotopic (exact) mass is 248 g/mol. The lowest BCUT2D eigenvalue weighted by molar-refractivity contribution is -0.122. The fraction of sp³-hybridized carbons (Fsp3) is 0.500. The molecule has 0 spiro atoms. The van der Waals surface area contributed by atoms with Gasteiger partial charge in [-0.15, -0.1) is 0 Å². The zero-order valence-corrected chi connectivity index (χ0v) is 10.5. The molecule has 0 aromatic heterocycles. The molecule has 0 heterocycles. The number of nitrogens with one attached hydrogen (secondary N) is 1. The highest BCUT2D eigenvalue weighted by atomic mass is 16.5. The summed E-state index contributed by atoms with van der Waals surface area (Å²) in [7, 11) is 0. The zero-order valence-electron chi connectivity index (χ0n) is 10.5. The molecule has 0 aliphatic heterocycles. The molecule has 1 aliphatic rings. The number of nitrogen functional groups attached to an aromatic ring is 1. The van der Waals surface area contributed by atoms with Gasteiger partial charge in [0.15, 0.2) is 0 Å². The normalized spacial score (nSPS) is 15.6. The molecule has 1 amide bonds. The van der Waals surface area contributed by atoms with Gasteiger partial charge >= 0.3 is 0 Å². The number of hydrogen-bond acceptors (Lipinski definition) is 3. The van der Waals surface area contributed by atoms with Gasteiger partial charge < -0.3 is 15.8 Å². The van der Waals surface area contributed by atoms with E-state index >= 15 is 0 Å². The number of amides is 1. The van der Waals surface area contributed by atoms with Crippen LogP contribution in [0.15, 0.2) is 24.3 Å². The molecular formula is C14H20N2O2. The lowest BCUT2D eigenvalue weighted by Gasteiger charge is -2.12. The van der Waals surface area contributed by atoms with Crippen molar-refractivity contribution in [1.82, 2.24) is 5.32 Å². The summed E-state index contributed by atoms with van der Waals surface area (Å²) >= 11 is 0. The standard InChI is InChI=1S/C14H20N2O2/c15-12-7-3-4-8-13(12)18-10-9-14(17)16-11-5-1-2-6-11/h3-4,7-8,11H,1-2,5-6,9-10,15H2,(H,16,17). The van der Waals surface area contributed by atoms with Crippen LogP contribution < -0.4 is 15.8 Å². The third kappa shape index (κ3) is 3.65. The van der Waals surface area contributed by atoms with E-state index in [0.717, 1.165) is 12.8 Å². The molecule has 0 atom stereocenters. The molecule has 1 aliphatic carbocycles. The van der Waals surface area contributed by atoms with E-state index < -0.39 is 0 Å². The van der Waals surface area contributed by atoms with E-state index in [9.17, 15) is 4.79 Å². The zero-order chi connectivity index (χ0) is 12.8. The average molecular weight is 248 g/mol. The number of benzene rings is 1. The maximum atomic E-state index is 11.7. The van der Waals surface area contributed by atoms with Crippen LogP contribution in [0, 0.1) is 0 Å². The summed E-state index contributed by atoms with van der Waals surface area (Å²) in [6.07, 6.45) is 5.05. The van der Waals surface area contributed by atoms with Crippen LogP contribution in [0.4, 0.5) is 5.69 Å². The highest BCUT2D eigenvalue weighted by Gasteiger charge is 2.16. The predicted molar refractivity (Wildman–Crippen MR) is 71.4 cm³/mol. The highest BCUT2D eigenvalue weighted by Crippen LogP contribution is 2.20. The average Bonchev–Trinajstić information content (AvgIpc) is 2.84. The molecule has 0 unspecified atom stereocenters. The van der Waals surface area contributed by atoms with Gasteiger partial charge in [0.2, 0.25) is 5.91 Å². The van der Waals surface area contributed by atoms with Crippen molar-refractivity contribution in [3.8, 4) is 5.75 Å². The quantitative estimate of drug-likeness (QED) is 0.784. The minimum atomic E-state index is 0.0661. The number of ether oxygens (including phenoxy) is 1. The minimum Gasteiger partial charge on any atom is -0.491 e. The summed E-state index contributed by atoms with van der Waals surface area (Å²) < 4.78 is 5.49. The van der Waals surface area contributed by atoms with Crippen LogP contribution in [0.5, 0.6) is 5.75 Å². The summed E-state index contributed by atoms with van der Waals surface area (Å²) in [5, 5.41) is 3.03. The van der Waals surface area contributed by atoms with Crippen molar-refractivity contribution in [2.75, 3.05) is 12.3 Å². The van der Waals surface area contributed by atoms with Crippen LogP contribution in [-0.2, 0) is 4.79 Å². The second-order valence-corrected chi connectivity index (χ2v) is 4.69. The van der Waals surface area contributed by atoms with Gasteiger partial charge in [-0.25, -0.2) is 0 Å². The van der Waals surface area contributed by atoms with Crippen LogP contribution in [0.25, 0.3) is 0 Å². The van der Waals surface area contributed by atoms with Gasteiger partial charge in [0, 0.05) is 6.04 Å². The van der Waals surface area contributed by atoms with E-state index in [2.05, 4.69) is 5.32 Å². The summed E-state index contributed by atoms with van der Waals surface area (Å²) in [4.78, 5) is 11.7. The Hall–Kier alpha value is -1.71. The molecule has 2 rings (SSSR count). The number of anilines is 1. The third-order valence-electron chi connectivity index (χ3n) is 3.23. The van der Waals surface area contributed by atoms with Crippen molar-refractivity contribution in [2.45, 2.75) is 38.1 Å². The summed E-state index contributed by atoms with van der Waals surface area (Å²) in [6, 6.07) is 7.69. The Kier molecular flexibility index (Phi) is 4.45. The SMILES string of the molecule is Nc1ccccc1OCCC(=O)NC1CCCC1. The number of para-hydroxylation sites is 2. The number of carbonyl (C=O) groups is 1. The molecule has 98 valence electrons. The van der Waals surface area contributed by atoms with Crippen molar-refractivity contribution < 1.29 is 9.53 Å². The van der Waals surface area contributed by atoms with Crippen LogP contribution >= 0.6 is 0 Å². The van der Waals surface area contributed by atoms with Crippen molar-refractivity contribution in [2.24, 2.45) is 0 Å². The van der Waals surface area contributed by atoms with Crippen LogP contribution in [0.3, 0.4) is 0 Å².